The number of nitrogens with one attached hydrogen (secondary N) is 1. The maximum absolute atomic E-state index is 11.7. The molecular weight excluding hydrogens is 260 g/mol. The molecule has 1 unspecified atom stereocenters. The van der Waals surface area contributed by atoms with Crippen LogP contribution in [0.4, 0.5) is 0 Å². The highest BCUT2D eigenvalue weighted by Crippen LogP contribution is 2.01. The van der Waals surface area contributed by atoms with Gasteiger partial charge in [0.25, 0.3) is 0 Å². The maximum Gasteiger partial charge on any atom is 0.326 e. The number of carboxylic acids is 1. The number of hydrogen-bond acceptors (Lipinski definition) is 4. The Balaban J connectivity index is 2.49. The first-order valence-electron chi connectivity index (χ1n) is 6.24. The average molecular weight is 278 g/mol. The van der Waals surface area contributed by atoms with Crippen LogP contribution in [0.3, 0.4) is 0 Å². The van der Waals surface area contributed by atoms with Crippen LogP contribution in [-0.4, -0.2) is 41.7 Å². The number of nitrogens with zero attached hydrogens (tertiary/aromatic N) is 1. The van der Waals surface area contributed by atoms with E-state index in [-0.39, 0.29) is 0 Å². The molecule has 6 nitrogen and oxygen atoms in total. The summed E-state index contributed by atoms with van der Waals surface area (Å²) in [5.74, 6) is -1.50. The predicted molar refractivity (Wildman–Crippen MR) is 73.9 cm³/mol. The number of hydrogen-bond donors (Lipinski definition) is 2. The molecule has 20 heavy (non-hydrogen) atoms. The number of aliphatic carboxylic acids is 1. The number of amides is 1. The number of rotatable bonds is 8. The zero-order chi connectivity index (χ0) is 14.8. The molecule has 1 amide bonds. The van der Waals surface area contributed by atoms with E-state index in [2.05, 4.69) is 10.3 Å². The van der Waals surface area contributed by atoms with E-state index in [1.165, 1.54) is 6.08 Å². The lowest BCUT2D eigenvalue weighted by atomic mass is 10.1. The summed E-state index contributed by atoms with van der Waals surface area (Å²) in [7, 11) is 1.55. The zero-order valence-corrected chi connectivity index (χ0v) is 11.3. The van der Waals surface area contributed by atoms with Gasteiger partial charge < -0.3 is 15.2 Å². The number of carbonyl (C=O) groups is 2. The van der Waals surface area contributed by atoms with Gasteiger partial charge in [0.05, 0.1) is 0 Å². The molecular formula is C14H18N2O4. The fraction of sp³-hybridized carbons (Fsp3) is 0.357. The molecule has 0 aliphatic rings. The van der Waals surface area contributed by atoms with Crippen LogP contribution in [0.5, 0.6) is 0 Å². The summed E-state index contributed by atoms with van der Waals surface area (Å²) in [6.45, 7) is 0.463. The Bertz CT molecular complexity index is 460. The minimum absolute atomic E-state index is 0.329. The Kier molecular flexibility index (Phi) is 6.99. The lowest BCUT2D eigenvalue weighted by Gasteiger charge is -2.12. The van der Waals surface area contributed by atoms with E-state index in [1.54, 1.807) is 37.7 Å². The Hall–Kier alpha value is -2.21. The number of ether oxygens (including phenoxy) is 1. The first-order valence-corrected chi connectivity index (χ1v) is 6.24. The molecule has 0 aliphatic heterocycles. The van der Waals surface area contributed by atoms with Gasteiger partial charge >= 0.3 is 5.97 Å². The van der Waals surface area contributed by atoms with Crippen molar-refractivity contribution in [3.63, 3.8) is 0 Å². The second-order valence-electron chi connectivity index (χ2n) is 4.15. The number of carboxylic acid groups (broad SMARTS) is 1. The van der Waals surface area contributed by atoms with Crippen LogP contribution in [0.15, 0.2) is 30.6 Å². The van der Waals surface area contributed by atoms with Crippen LogP contribution in [0.1, 0.15) is 18.4 Å². The predicted octanol–water partition coefficient (Wildman–Crippen LogP) is 1.09. The molecule has 6 heteroatoms. The molecule has 0 saturated heterocycles. The fourth-order valence-corrected chi connectivity index (χ4v) is 1.56. The molecule has 1 aromatic heterocycles. The monoisotopic (exact) mass is 278 g/mol. The molecule has 1 aromatic rings. The van der Waals surface area contributed by atoms with Gasteiger partial charge in [-0.25, -0.2) is 4.79 Å². The van der Waals surface area contributed by atoms with Crippen LogP contribution in [0.2, 0.25) is 0 Å². The second kappa shape index (κ2) is 8.82. The lowest BCUT2D eigenvalue weighted by molar-refractivity contribution is -0.141. The third kappa shape index (κ3) is 6.10. The quantitative estimate of drug-likeness (QED) is 0.549. The Labute approximate surface area is 117 Å². The smallest absolute Gasteiger partial charge is 0.326 e. The average Bonchev–Trinajstić information content (AvgIpc) is 2.45. The zero-order valence-electron chi connectivity index (χ0n) is 11.3. The molecule has 0 bridgehead atoms. The number of pyridine rings is 1. The van der Waals surface area contributed by atoms with Gasteiger partial charge in [-0.05, 0) is 30.5 Å². The highest BCUT2D eigenvalue weighted by Gasteiger charge is 2.18. The van der Waals surface area contributed by atoms with Crippen molar-refractivity contribution >= 4 is 18.0 Å². The largest absolute Gasteiger partial charge is 0.480 e. The summed E-state index contributed by atoms with van der Waals surface area (Å²) in [5, 5.41) is 11.5. The standard InChI is InChI=1S/C14H18N2O4/c1-20-9-3-5-12(14(18)19)16-13(17)7-6-11-4-2-8-15-10-11/h2,4,6-8,10,12H,3,5,9H2,1H3,(H,16,17)(H,18,19)/b7-6+. The second-order valence-corrected chi connectivity index (χ2v) is 4.15. The van der Waals surface area contributed by atoms with Crippen LogP contribution in [-0.2, 0) is 14.3 Å². The Morgan fingerprint density at radius 3 is 2.95 bits per heavy atom. The molecule has 0 spiro atoms. The van der Waals surface area contributed by atoms with Crippen molar-refractivity contribution in [2.75, 3.05) is 13.7 Å². The Morgan fingerprint density at radius 1 is 1.55 bits per heavy atom. The van der Waals surface area contributed by atoms with E-state index < -0.39 is 17.9 Å². The van der Waals surface area contributed by atoms with E-state index >= 15 is 0 Å². The van der Waals surface area contributed by atoms with Crippen molar-refractivity contribution in [2.24, 2.45) is 0 Å². The topological polar surface area (TPSA) is 88.5 Å². The number of aromatic nitrogens is 1. The molecule has 108 valence electrons. The normalized spacial score (nSPS) is 12.2. The van der Waals surface area contributed by atoms with E-state index in [4.69, 9.17) is 9.84 Å². The summed E-state index contributed by atoms with van der Waals surface area (Å²) in [6.07, 6.45) is 7.01. The first-order chi connectivity index (χ1) is 9.63. The summed E-state index contributed by atoms with van der Waals surface area (Å²) >= 11 is 0. The van der Waals surface area contributed by atoms with E-state index in [9.17, 15) is 9.59 Å². The fourth-order valence-electron chi connectivity index (χ4n) is 1.56. The van der Waals surface area contributed by atoms with Gasteiger partial charge in [0.1, 0.15) is 6.04 Å². The third-order valence-corrected chi connectivity index (χ3v) is 2.57. The van der Waals surface area contributed by atoms with E-state index in [0.29, 0.717) is 19.4 Å². The lowest BCUT2D eigenvalue weighted by Crippen LogP contribution is -2.40. The minimum atomic E-state index is -1.05. The van der Waals surface area contributed by atoms with E-state index in [0.717, 1.165) is 5.56 Å². The molecule has 0 fully saturated rings. The van der Waals surface area contributed by atoms with Crippen molar-refractivity contribution in [2.45, 2.75) is 18.9 Å². The SMILES string of the molecule is COCCCC(NC(=O)/C=C/c1cccnc1)C(=O)O. The molecule has 1 heterocycles. The van der Waals surface area contributed by atoms with Crippen molar-refractivity contribution in [3.8, 4) is 0 Å². The van der Waals surface area contributed by atoms with Crippen LogP contribution in [0.25, 0.3) is 6.08 Å². The molecule has 0 aliphatic carbocycles. The summed E-state index contributed by atoms with van der Waals surface area (Å²) in [4.78, 5) is 26.6. The first kappa shape index (κ1) is 15.8. The van der Waals surface area contributed by atoms with Crippen LogP contribution < -0.4 is 5.32 Å². The van der Waals surface area contributed by atoms with Gasteiger partial charge in [-0.3, -0.25) is 9.78 Å². The van der Waals surface area contributed by atoms with Gasteiger partial charge in [-0.2, -0.15) is 0 Å². The van der Waals surface area contributed by atoms with Crippen molar-refractivity contribution in [1.29, 1.82) is 0 Å². The van der Waals surface area contributed by atoms with Crippen molar-refractivity contribution in [1.82, 2.24) is 10.3 Å². The van der Waals surface area contributed by atoms with Crippen molar-refractivity contribution < 1.29 is 19.4 Å². The molecule has 1 atom stereocenters. The van der Waals surface area contributed by atoms with Gasteiger partial charge in [-0.1, -0.05) is 6.07 Å². The maximum atomic E-state index is 11.7. The molecule has 0 saturated carbocycles. The molecule has 0 radical (unpaired) electrons. The minimum Gasteiger partial charge on any atom is -0.480 e. The van der Waals surface area contributed by atoms with Gasteiger partial charge in [0.15, 0.2) is 0 Å². The highest BCUT2D eigenvalue weighted by molar-refractivity contribution is 5.94. The summed E-state index contributed by atoms with van der Waals surface area (Å²) < 4.78 is 4.86. The van der Waals surface area contributed by atoms with Crippen LogP contribution >= 0.6 is 0 Å². The van der Waals surface area contributed by atoms with Gasteiger partial charge in [-0.15, -0.1) is 0 Å². The number of methoxy groups -OCH3 is 1. The van der Waals surface area contributed by atoms with Gasteiger partial charge in [0.2, 0.25) is 5.91 Å². The Morgan fingerprint density at radius 2 is 2.35 bits per heavy atom. The molecule has 1 rings (SSSR count). The van der Waals surface area contributed by atoms with Gasteiger partial charge in [0, 0.05) is 32.2 Å². The van der Waals surface area contributed by atoms with Crippen molar-refractivity contribution in [3.05, 3.63) is 36.2 Å². The van der Waals surface area contributed by atoms with E-state index in [1.807, 2.05) is 0 Å². The third-order valence-electron chi connectivity index (χ3n) is 2.57. The van der Waals surface area contributed by atoms with Crippen LogP contribution in [0, 0.1) is 0 Å². The molecule has 2 N–H and O–H groups in total. The summed E-state index contributed by atoms with van der Waals surface area (Å²) in [6, 6.07) is 2.64. The highest BCUT2D eigenvalue weighted by atomic mass is 16.5. The number of carbonyl (C=O) groups excluding carboxylic acids is 1. The summed E-state index contributed by atoms with van der Waals surface area (Å²) in [5.41, 5.74) is 0.772. The molecule has 0 aromatic carbocycles.